The van der Waals surface area contributed by atoms with Gasteiger partial charge in [0.1, 0.15) is 11.6 Å². The molecular weight excluding hydrogens is 506 g/mol. The molecule has 0 saturated heterocycles. The molecule has 0 bridgehead atoms. The molecule has 0 aliphatic carbocycles. The van der Waals surface area contributed by atoms with Crippen LogP contribution >= 0.6 is 12.4 Å². The largest absolute Gasteiger partial charge is 0.419 e. The molecule has 0 spiro atoms. The maximum atomic E-state index is 13.5. The third-order valence-corrected chi connectivity index (χ3v) is 5.22. The highest BCUT2D eigenvalue weighted by molar-refractivity contribution is 6.11. The van der Waals surface area contributed by atoms with Crippen molar-refractivity contribution in [1.82, 2.24) is 25.0 Å². The van der Waals surface area contributed by atoms with E-state index in [-0.39, 0.29) is 23.7 Å². The van der Waals surface area contributed by atoms with E-state index in [2.05, 4.69) is 20.7 Å². The van der Waals surface area contributed by atoms with Gasteiger partial charge in [-0.25, -0.2) is 14.2 Å². The maximum Gasteiger partial charge on any atom is 0.419 e. The van der Waals surface area contributed by atoms with Crippen molar-refractivity contribution < 1.29 is 27.2 Å². The van der Waals surface area contributed by atoms with Gasteiger partial charge in [0.15, 0.2) is 5.65 Å². The molecule has 36 heavy (non-hydrogen) atoms. The molecule has 9 nitrogen and oxygen atoms in total. The Morgan fingerprint density at radius 2 is 1.78 bits per heavy atom. The summed E-state index contributed by atoms with van der Waals surface area (Å²) in [5.74, 6) is -1.99. The van der Waals surface area contributed by atoms with E-state index in [1.54, 1.807) is 36.7 Å². The minimum absolute atomic E-state index is 0. The van der Waals surface area contributed by atoms with Gasteiger partial charge in [0.05, 0.1) is 16.8 Å². The van der Waals surface area contributed by atoms with Gasteiger partial charge in [-0.05, 0) is 45.3 Å². The number of pyridine rings is 1. The Morgan fingerprint density at radius 1 is 1.11 bits per heavy atom. The lowest BCUT2D eigenvalue weighted by atomic mass is 10.1. The summed E-state index contributed by atoms with van der Waals surface area (Å²) in [6.45, 7) is 2.93. The number of alkyl halides is 3. The molecule has 1 aromatic carbocycles. The third-order valence-electron chi connectivity index (χ3n) is 5.22. The second-order valence-corrected chi connectivity index (χ2v) is 8.27. The van der Waals surface area contributed by atoms with E-state index in [4.69, 9.17) is 0 Å². The lowest BCUT2D eigenvalue weighted by Gasteiger charge is -2.23. The van der Waals surface area contributed by atoms with Crippen molar-refractivity contribution in [3.63, 3.8) is 0 Å². The van der Waals surface area contributed by atoms with Gasteiger partial charge >= 0.3 is 12.2 Å². The summed E-state index contributed by atoms with van der Waals surface area (Å²) in [6, 6.07) is 2.48. The lowest BCUT2D eigenvalue weighted by Crippen LogP contribution is -2.36. The summed E-state index contributed by atoms with van der Waals surface area (Å²) in [4.78, 5) is 33.7. The van der Waals surface area contributed by atoms with Crippen LogP contribution < -0.4 is 15.5 Å². The van der Waals surface area contributed by atoms with Crippen molar-refractivity contribution in [2.45, 2.75) is 13.1 Å². The molecule has 0 aliphatic heterocycles. The van der Waals surface area contributed by atoms with E-state index in [9.17, 15) is 27.2 Å². The van der Waals surface area contributed by atoms with Gasteiger partial charge in [-0.2, -0.15) is 18.3 Å². The molecule has 2 heterocycles. The second kappa shape index (κ2) is 11.1. The number of nitrogens with one attached hydrogen (secondary N) is 2. The van der Waals surface area contributed by atoms with Crippen molar-refractivity contribution in [2.24, 2.45) is 7.05 Å². The third kappa shape index (κ3) is 6.40. The van der Waals surface area contributed by atoms with E-state index in [0.29, 0.717) is 47.8 Å². The van der Waals surface area contributed by atoms with Gasteiger partial charge in [-0.3, -0.25) is 14.8 Å². The Kier molecular flexibility index (Phi) is 8.86. The molecule has 3 amide bonds. The number of amides is 3. The summed E-state index contributed by atoms with van der Waals surface area (Å²) in [5, 5.41) is 9.15. The Bertz CT molecular complexity index is 1280. The fraction of sp³-hybridized carbons (Fsp3) is 0.364. The molecule has 0 radical (unpaired) electrons. The van der Waals surface area contributed by atoms with Crippen LogP contribution in [0, 0.1) is 12.7 Å². The molecule has 14 heteroatoms. The number of urea groups is 1. The molecule has 0 fully saturated rings. The number of hydrogen-bond donors (Lipinski definition) is 2. The number of aromatic nitrogens is 3. The number of likely N-dealkylation sites (N-methyl/N-ethyl adjacent to an activating group) is 2. The van der Waals surface area contributed by atoms with Crippen LogP contribution in [0.3, 0.4) is 0 Å². The molecular formula is C22H26ClF4N7O2. The Hall–Kier alpha value is -3.45. The van der Waals surface area contributed by atoms with Crippen molar-refractivity contribution in [3.8, 4) is 0 Å². The number of carbonyl (C=O) groups excluding carboxylic acids is 2. The fourth-order valence-electron chi connectivity index (χ4n) is 3.40. The second-order valence-electron chi connectivity index (χ2n) is 8.27. The molecule has 0 unspecified atom stereocenters. The van der Waals surface area contributed by atoms with Gasteiger partial charge in [0, 0.05) is 38.3 Å². The molecule has 0 atom stereocenters. The van der Waals surface area contributed by atoms with Gasteiger partial charge < -0.3 is 15.1 Å². The minimum atomic E-state index is -4.94. The summed E-state index contributed by atoms with van der Waals surface area (Å²) in [6.07, 6.45) is -4.94. The Labute approximate surface area is 210 Å². The van der Waals surface area contributed by atoms with E-state index < -0.39 is 29.5 Å². The summed E-state index contributed by atoms with van der Waals surface area (Å²) in [7, 11) is 7.26. The molecule has 0 aliphatic rings. The summed E-state index contributed by atoms with van der Waals surface area (Å²) < 4.78 is 53.9. The smallest absolute Gasteiger partial charge is 0.358 e. The quantitative estimate of drug-likeness (QED) is 0.470. The molecule has 2 N–H and O–H groups in total. The van der Waals surface area contributed by atoms with Crippen molar-refractivity contribution in [2.75, 3.05) is 44.4 Å². The van der Waals surface area contributed by atoms with Gasteiger partial charge in [-0.15, -0.1) is 12.4 Å². The molecule has 2 aromatic heterocycles. The van der Waals surface area contributed by atoms with E-state index >= 15 is 0 Å². The normalized spacial score (nSPS) is 11.4. The molecule has 0 saturated carbocycles. The van der Waals surface area contributed by atoms with Crippen LogP contribution in [0.2, 0.25) is 0 Å². The number of halogens is 5. The first kappa shape index (κ1) is 28.8. The van der Waals surface area contributed by atoms with Gasteiger partial charge in [0.2, 0.25) is 0 Å². The van der Waals surface area contributed by atoms with Crippen molar-refractivity contribution in [1.29, 1.82) is 0 Å². The Morgan fingerprint density at radius 3 is 2.39 bits per heavy atom. The molecule has 3 rings (SSSR count). The predicted octanol–water partition coefficient (Wildman–Crippen LogP) is 3.82. The highest BCUT2D eigenvalue weighted by Gasteiger charge is 2.34. The number of fused-ring (bicyclic) bond motifs is 1. The zero-order valence-electron chi connectivity index (χ0n) is 20.2. The molecule has 196 valence electrons. The first-order valence-electron chi connectivity index (χ1n) is 10.5. The number of nitrogens with zero attached hydrogens (tertiary/aromatic N) is 5. The average molecular weight is 532 g/mol. The van der Waals surface area contributed by atoms with Crippen LogP contribution in [0.5, 0.6) is 0 Å². The summed E-state index contributed by atoms with van der Waals surface area (Å²) in [5.41, 5.74) is -0.611. The van der Waals surface area contributed by atoms with Gasteiger partial charge in [-0.1, -0.05) is 0 Å². The number of imide groups is 1. The maximum absolute atomic E-state index is 13.5. The van der Waals surface area contributed by atoms with Crippen molar-refractivity contribution >= 4 is 46.9 Å². The number of hydrogen-bond acceptors (Lipinski definition) is 6. The fourth-order valence-corrected chi connectivity index (χ4v) is 3.40. The number of anilines is 2. The number of rotatable bonds is 6. The zero-order chi connectivity index (χ0) is 26.1. The van der Waals surface area contributed by atoms with Crippen LogP contribution in [0.25, 0.3) is 11.0 Å². The number of aryl methyl sites for hydroxylation is 2. The van der Waals surface area contributed by atoms with E-state index in [0.717, 1.165) is 6.07 Å². The van der Waals surface area contributed by atoms with Gasteiger partial charge in [0.25, 0.3) is 5.91 Å². The highest BCUT2D eigenvalue weighted by Crippen LogP contribution is 2.33. The Balaban J connectivity index is 0.00000456. The number of carbonyl (C=O) groups is 2. The van der Waals surface area contributed by atoms with Crippen molar-refractivity contribution in [3.05, 3.63) is 46.9 Å². The predicted molar refractivity (Wildman–Crippen MR) is 130 cm³/mol. The summed E-state index contributed by atoms with van der Waals surface area (Å²) >= 11 is 0. The standard InChI is InChI=1S/C22H25F4N7O2.ClH/c1-12-14-11-15(18(28-19(14)33(5)30-12)32(4)9-8-31(2)3)20(34)29-21(35)27-13-6-7-17(23)16(10-13)22(24,25)26;/h6-7,10-11H,8-9H2,1-5H3,(H2,27,29,34,35);1H. The van der Waals surface area contributed by atoms with E-state index in [1.807, 2.05) is 19.0 Å². The van der Waals surface area contributed by atoms with Crippen LogP contribution in [-0.2, 0) is 13.2 Å². The van der Waals surface area contributed by atoms with Crippen LogP contribution in [0.15, 0.2) is 24.3 Å². The zero-order valence-corrected chi connectivity index (χ0v) is 21.0. The molecule has 3 aromatic rings. The van der Waals surface area contributed by atoms with Crippen LogP contribution in [0.4, 0.5) is 33.9 Å². The first-order valence-corrected chi connectivity index (χ1v) is 10.5. The number of benzene rings is 1. The van der Waals surface area contributed by atoms with Crippen LogP contribution in [-0.4, -0.2) is 65.8 Å². The first-order chi connectivity index (χ1) is 16.3. The SMILES string of the molecule is Cc1nn(C)c2nc(N(C)CCN(C)C)c(C(=O)NC(=O)Nc3ccc(F)c(C(F)(F)F)c3)cc12.Cl. The van der Waals surface area contributed by atoms with Crippen LogP contribution in [0.1, 0.15) is 21.6 Å². The lowest BCUT2D eigenvalue weighted by molar-refractivity contribution is -0.139. The monoisotopic (exact) mass is 531 g/mol. The highest BCUT2D eigenvalue weighted by atomic mass is 35.5. The minimum Gasteiger partial charge on any atom is -0.358 e. The van der Waals surface area contributed by atoms with E-state index in [1.165, 1.54) is 0 Å². The topological polar surface area (TPSA) is 95.4 Å². The average Bonchev–Trinajstić information content (AvgIpc) is 3.04.